The lowest BCUT2D eigenvalue weighted by molar-refractivity contribution is -0.139. The van der Waals surface area contributed by atoms with E-state index in [0.717, 1.165) is 0 Å². The Morgan fingerprint density at radius 1 is 1.35 bits per heavy atom. The molecule has 1 aromatic rings. The molecule has 0 spiro atoms. The van der Waals surface area contributed by atoms with Crippen molar-refractivity contribution in [3.63, 3.8) is 0 Å². The minimum Gasteiger partial charge on any atom is -0.480 e. The third-order valence-electron chi connectivity index (χ3n) is 2.77. The van der Waals surface area contributed by atoms with E-state index in [9.17, 15) is 14.0 Å². The summed E-state index contributed by atoms with van der Waals surface area (Å²) >= 11 is 0. The lowest BCUT2D eigenvalue weighted by Crippen LogP contribution is -2.43. The molecule has 0 saturated carbocycles. The van der Waals surface area contributed by atoms with Crippen LogP contribution in [0.2, 0.25) is 0 Å². The molecule has 1 atom stereocenters. The smallest absolute Gasteiger partial charge is 0.326 e. The maximum Gasteiger partial charge on any atom is 0.326 e. The van der Waals surface area contributed by atoms with E-state index in [1.54, 1.807) is 13.0 Å². The zero-order valence-corrected chi connectivity index (χ0v) is 11.7. The number of aliphatic carboxylic acids is 1. The number of urea groups is 1. The van der Waals surface area contributed by atoms with Crippen molar-refractivity contribution in [1.82, 2.24) is 5.32 Å². The Morgan fingerprint density at radius 2 is 2.00 bits per heavy atom. The van der Waals surface area contributed by atoms with Gasteiger partial charge < -0.3 is 15.7 Å². The van der Waals surface area contributed by atoms with Gasteiger partial charge in [-0.15, -0.1) is 0 Å². The van der Waals surface area contributed by atoms with Gasteiger partial charge in [0.05, 0.1) is 5.69 Å². The normalized spacial score (nSPS) is 12.1. The van der Waals surface area contributed by atoms with Gasteiger partial charge in [0.2, 0.25) is 0 Å². The average Bonchev–Trinajstić information content (AvgIpc) is 2.32. The Morgan fingerprint density at radius 3 is 2.50 bits per heavy atom. The zero-order valence-electron chi connectivity index (χ0n) is 11.7. The molecule has 0 bridgehead atoms. The highest BCUT2D eigenvalue weighted by molar-refractivity contribution is 5.92. The molecule has 20 heavy (non-hydrogen) atoms. The van der Waals surface area contributed by atoms with Crippen molar-refractivity contribution in [3.8, 4) is 0 Å². The highest BCUT2D eigenvalue weighted by Gasteiger charge is 2.21. The molecule has 0 fully saturated rings. The van der Waals surface area contributed by atoms with Gasteiger partial charge in [-0.2, -0.15) is 0 Å². The molecule has 0 saturated heterocycles. The average molecular weight is 282 g/mol. The maximum absolute atomic E-state index is 13.6. The molecule has 1 rings (SSSR count). The number of aryl methyl sites for hydroxylation is 1. The number of anilines is 1. The molecule has 0 aliphatic rings. The Kier molecular flexibility index (Phi) is 5.49. The number of carbonyl (C=O) groups excluding carboxylic acids is 1. The van der Waals surface area contributed by atoms with E-state index in [0.29, 0.717) is 12.0 Å². The van der Waals surface area contributed by atoms with Crippen LogP contribution in [0, 0.1) is 18.7 Å². The second-order valence-corrected chi connectivity index (χ2v) is 5.05. The van der Waals surface area contributed by atoms with Gasteiger partial charge in [-0.25, -0.2) is 14.0 Å². The summed E-state index contributed by atoms with van der Waals surface area (Å²) in [5.74, 6) is -1.55. The third-order valence-corrected chi connectivity index (χ3v) is 2.77. The summed E-state index contributed by atoms with van der Waals surface area (Å²) < 4.78 is 13.6. The largest absolute Gasteiger partial charge is 0.480 e. The van der Waals surface area contributed by atoms with Gasteiger partial charge in [0.25, 0.3) is 0 Å². The zero-order chi connectivity index (χ0) is 15.3. The molecule has 3 N–H and O–H groups in total. The highest BCUT2D eigenvalue weighted by atomic mass is 19.1. The molecule has 0 radical (unpaired) electrons. The van der Waals surface area contributed by atoms with E-state index in [2.05, 4.69) is 10.6 Å². The summed E-state index contributed by atoms with van der Waals surface area (Å²) in [6.45, 7) is 5.37. The van der Waals surface area contributed by atoms with Crippen LogP contribution in [0.5, 0.6) is 0 Å². The number of carbonyl (C=O) groups is 2. The number of carboxylic acids is 1. The van der Waals surface area contributed by atoms with Gasteiger partial charge in [0.15, 0.2) is 0 Å². The number of hydrogen-bond donors (Lipinski definition) is 3. The SMILES string of the molecule is Cc1cccc(F)c1NC(=O)N[C@H](CC(C)C)C(=O)O. The van der Waals surface area contributed by atoms with E-state index in [4.69, 9.17) is 5.11 Å². The summed E-state index contributed by atoms with van der Waals surface area (Å²) in [5.41, 5.74) is 0.620. The molecule has 6 heteroatoms. The number of halogens is 1. The van der Waals surface area contributed by atoms with Crippen LogP contribution >= 0.6 is 0 Å². The molecular formula is C14H19FN2O3. The van der Waals surface area contributed by atoms with Crippen LogP contribution in [0.4, 0.5) is 14.9 Å². The molecule has 0 aliphatic heterocycles. The molecule has 0 heterocycles. The first-order valence-electron chi connectivity index (χ1n) is 6.36. The fraction of sp³-hybridized carbons (Fsp3) is 0.429. The van der Waals surface area contributed by atoms with Crippen molar-refractivity contribution < 1.29 is 19.1 Å². The molecule has 110 valence electrons. The van der Waals surface area contributed by atoms with E-state index in [-0.39, 0.29) is 11.6 Å². The third kappa shape index (κ3) is 4.53. The number of benzene rings is 1. The quantitative estimate of drug-likeness (QED) is 0.777. The fourth-order valence-corrected chi connectivity index (χ4v) is 1.79. The summed E-state index contributed by atoms with van der Waals surface area (Å²) in [5, 5.41) is 13.7. The van der Waals surface area contributed by atoms with Crippen molar-refractivity contribution in [2.75, 3.05) is 5.32 Å². The summed E-state index contributed by atoms with van der Waals surface area (Å²) in [6.07, 6.45) is 0.305. The van der Waals surface area contributed by atoms with Crippen LogP contribution in [0.1, 0.15) is 25.8 Å². The second-order valence-electron chi connectivity index (χ2n) is 5.05. The van der Waals surface area contributed by atoms with Crippen molar-refractivity contribution in [2.24, 2.45) is 5.92 Å². The number of nitrogens with one attached hydrogen (secondary N) is 2. The van der Waals surface area contributed by atoms with Crippen molar-refractivity contribution in [2.45, 2.75) is 33.2 Å². The van der Waals surface area contributed by atoms with Gasteiger partial charge in [-0.1, -0.05) is 26.0 Å². The van der Waals surface area contributed by atoms with Crippen molar-refractivity contribution in [1.29, 1.82) is 0 Å². The topological polar surface area (TPSA) is 78.4 Å². The van der Waals surface area contributed by atoms with E-state index in [1.165, 1.54) is 12.1 Å². The van der Waals surface area contributed by atoms with Gasteiger partial charge in [0.1, 0.15) is 11.9 Å². The monoisotopic (exact) mass is 282 g/mol. The van der Waals surface area contributed by atoms with Crippen LogP contribution < -0.4 is 10.6 Å². The van der Waals surface area contributed by atoms with E-state index < -0.39 is 23.9 Å². The van der Waals surface area contributed by atoms with Gasteiger partial charge >= 0.3 is 12.0 Å². The Bertz CT molecular complexity index is 483. The minimum absolute atomic E-state index is 0.0543. The standard InChI is InChI=1S/C14H19FN2O3/c1-8(2)7-11(13(18)19)16-14(20)17-12-9(3)5-4-6-10(12)15/h4-6,8,11H,7H2,1-3H3,(H,18,19)(H2,16,17,20)/t11-/m1/s1. The number of hydrogen-bond acceptors (Lipinski definition) is 2. The van der Waals surface area contributed by atoms with Crippen molar-refractivity contribution in [3.05, 3.63) is 29.6 Å². The number of para-hydroxylation sites is 1. The second kappa shape index (κ2) is 6.88. The van der Waals surface area contributed by atoms with Crippen LogP contribution in [0.3, 0.4) is 0 Å². The summed E-state index contributed by atoms with van der Waals surface area (Å²) in [6, 6.07) is 2.69. The Balaban J connectivity index is 2.73. The van der Waals surface area contributed by atoms with Crippen LogP contribution in [0.15, 0.2) is 18.2 Å². The molecule has 2 amide bonds. The van der Waals surface area contributed by atoms with Crippen LogP contribution in [0.25, 0.3) is 0 Å². The highest BCUT2D eigenvalue weighted by Crippen LogP contribution is 2.18. The first-order valence-corrected chi connectivity index (χ1v) is 6.36. The summed E-state index contributed by atoms with van der Waals surface area (Å²) in [4.78, 5) is 22.8. The first-order chi connectivity index (χ1) is 9.31. The fourth-order valence-electron chi connectivity index (χ4n) is 1.79. The van der Waals surface area contributed by atoms with E-state index in [1.807, 2.05) is 13.8 Å². The van der Waals surface area contributed by atoms with Crippen LogP contribution in [-0.4, -0.2) is 23.1 Å². The van der Waals surface area contributed by atoms with Gasteiger partial charge in [-0.3, -0.25) is 0 Å². The van der Waals surface area contributed by atoms with Crippen LogP contribution in [-0.2, 0) is 4.79 Å². The Hall–Kier alpha value is -2.11. The molecule has 0 unspecified atom stereocenters. The molecule has 0 aromatic heterocycles. The number of rotatable bonds is 5. The van der Waals surface area contributed by atoms with Crippen molar-refractivity contribution >= 4 is 17.7 Å². The summed E-state index contributed by atoms with van der Waals surface area (Å²) in [7, 11) is 0. The number of carboxylic acid groups (broad SMARTS) is 1. The maximum atomic E-state index is 13.6. The molecular weight excluding hydrogens is 263 g/mol. The predicted octanol–water partition coefficient (Wildman–Crippen LogP) is 2.75. The molecule has 0 aliphatic carbocycles. The lowest BCUT2D eigenvalue weighted by Gasteiger charge is -2.17. The number of amides is 2. The Labute approximate surface area is 117 Å². The first kappa shape index (κ1) is 15.9. The molecule has 5 nitrogen and oxygen atoms in total. The van der Waals surface area contributed by atoms with Gasteiger partial charge in [0, 0.05) is 0 Å². The predicted molar refractivity (Wildman–Crippen MR) is 74.2 cm³/mol. The van der Waals surface area contributed by atoms with E-state index >= 15 is 0 Å². The minimum atomic E-state index is -1.11. The van der Waals surface area contributed by atoms with Gasteiger partial charge in [-0.05, 0) is 30.9 Å². The lowest BCUT2D eigenvalue weighted by atomic mass is 10.0. The molecule has 1 aromatic carbocycles.